The van der Waals surface area contributed by atoms with Gasteiger partial charge in [0.15, 0.2) is 0 Å². The summed E-state index contributed by atoms with van der Waals surface area (Å²) >= 11 is 0. The minimum atomic E-state index is -1.18. The van der Waals surface area contributed by atoms with Crippen molar-refractivity contribution in [3.05, 3.63) is 71.3 Å². The summed E-state index contributed by atoms with van der Waals surface area (Å²) in [6.07, 6.45) is -3.89. The van der Waals surface area contributed by atoms with E-state index in [4.69, 9.17) is 4.74 Å². The van der Waals surface area contributed by atoms with Gasteiger partial charge in [-0.2, -0.15) is 0 Å². The van der Waals surface area contributed by atoms with Crippen LogP contribution in [0.2, 0.25) is 0 Å². The molecule has 2 aromatic carbocycles. The summed E-state index contributed by atoms with van der Waals surface area (Å²) in [5, 5.41) is 26.1. The van der Waals surface area contributed by atoms with E-state index in [1.54, 1.807) is 24.3 Å². The Hall–Kier alpha value is -2.39. The number of halogens is 2. The molecule has 1 aliphatic rings. The number of nitrogens with one attached hydrogen (secondary N) is 2. The van der Waals surface area contributed by atoms with E-state index in [1.807, 2.05) is 0 Å². The lowest BCUT2D eigenvalue weighted by atomic mass is 10.1. The SMILES string of the molecule is O=C(C[C@@H]1O[C@@H](CNCc2ccc(F)cc2)[C@@H](O)[C@H]1O)NCc1ccc(F)cc1. The van der Waals surface area contributed by atoms with Crippen LogP contribution in [0.5, 0.6) is 0 Å². The number of hydrogen-bond acceptors (Lipinski definition) is 5. The Morgan fingerprint density at radius 2 is 1.38 bits per heavy atom. The highest BCUT2D eigenvalue weighted by Crippen LogP contribution is 2.23. The number of ether oxygens (including phenoxy) is 1. The summed E-state index contributed by atoms with van der Waals surface area (Å²) in [6.45, 7) is 0.947. The van der Waals surface area contributed by atoms with Crippen LogP contribution < -0.4 is 10.6 Å². The van der Waals surface area contributed by atoms with Gasteiger partial charge in [-0.1, -0.05) is 24.3 Å². The fraction of sp³-hybridized carbons (Fsp3) is 0.381. The molecule has 1 aliphatic heterocycles. The molecule has 8 heteroatoms. The molecule has 1 fully saturated rings. The standard InChI is InChI=1S/C21H24F2N2O4/c22-15-5-1-13(2-6-15)10-24-12-18-21(28)20(27)17(29-18)9-19(26)25-11-14-3-7-16(23)8-4-14/h1-8,17-18,20-21,24,27-28H,9-12H2,(H,25,26)/t17-,18-,20-,21+/m0/s1. The molecule has 0 aromatic heterocycles. The minimum Gasteiger partial charge on any atom is -0.388 e. The van der Waals surface area contributed by atoms with E-state index in [2.05, 4.69) is 10.6 Å². The number of benzene rings is 2. The third kappa shape index (κ3) is 6.04. The third-order valence-corrected chi connectivity index (χ3v) is 4.84. The highest BCUT2D eigenvalue weighted by atomic mass is 19.1. The zero-order valence-corrected chi connectivity index (χ0v) is 15.7. The average Bonchev–Trinajstić information content (AvgIpc) is 2.97. The fourth-order valence-electron chi connectivity index (χ4n) is 3.18. The smallest absolute Gasteiger partial charge is 0.222 e. The second-order valence-electron chi connectivity index (χ2n) is 7.06. The molecule has 29 heavy (non-hydrogen) atoms. The van der Waals surface area contributed by atoms with Crippen LogP contribution in [0.15, 0.2) is 48.5 Å². The van der Waals surface area contributed by atoms with Gasteiger partial charge in [0.2, 0.25) is 5.91 Å². The van der Waals surface area contributed by atoms with Crippen molar-refractivity contribution in [3.8, 4) is 0 Å². The second kappa shape index (κ2) is 9.89. The number of carbonyl (C=O) groups excluding carboxylic acids is 1. The Balaban J connectivity index is 1.42. The summed E-state index contributed by atoms with van der Waals surface area (Å²) in [7, 11) is 0. The topological polar surface area (TPSA) is 90.8 Å². The molecule has 0 radical (unpaired) electrons. The van der Waals surface area contributed by atoms with Gasteiger partial charge in [0.1, 0.15) is 23.8 Å². The number of aliphatic hydroxyl groups is 2. The molecule has 0 spiro atoms. The fourth-order valence-corrected chi connectivity index (χ4v) is 3.18. The third-order valence-electron chi connectivity index (χ3n) is 4.84. The molecule has 1 amide bonds. The van der Waals surface area contributed by atoms with E-state index in [9.17, 15) is 23.8 Å². The first kappa shape index (κ1) is 21.3. The van der Waals surface area contributed by atoms with Crippen LogP contribution in [-0.4, -0.2) is 47.1 Å². The molecule has 1 heterocycles. The highest BCUT2D eigenvalue weighted by molar-refractivity contribution is 5.76. The van der Waals surface area contributed by atoms with Crippen LogP contribution in [0.3, 0.4) is 0 Å². The lowest BCUT2D eigenvalue weighted by molar-refractivity contribution is -0.125. The molecule has 156 valence electrons. The van der Waals surface area contributed by atoms with E-state index in [-0.39, 0.29) is 37.1 Å². The second-order valence-corrected chi connectivity index (χ2v) is 7.06. The molecule has 2 aromatic rings. The van der Waals surface area contributed by atoms with Gasteiger partial charge in [-0.25, -0.2) is 8.78 Å². The van der Waals surface area contributed by atoms with Crippen molar-refractivity contribution in [2.24, 2.45) is 0 Å². The first-order chi connectivity index (χ1) is 13.9. The normalized spacial score (nSPS) is 23.9. The predicted molar refractivity (Wildman–Crippen MR) is 102 cm³/mol. The molecule has 0 bridgehead atoms. The Kier molecular flexibility index (Phi) is 7.27. The average molecular weight is 406 g/mol. The monoisotopic (exact) mass is 406 g/mol. The van der Waals surface area contributed by atoms with Gasteiger partial charge in [0.25, 0.3) is 0 Å². The number of rotatable bonds is 8. The van der Waals surface area contributed by atoms with Crippen molar-refractivity contribution in [1.82, 2.24) is 10.6 Å². The van der Waals surface area contributed by atoms with Crippen LogP contribution in [0.25, 0.3) is 0 Å². The predicted octanol–water partition coefficient (Wildman–Crippen LogP) is 1.25. The number of hydrogen-bond donors (Lipinski definition) is 4. The van der Waals surface area contributed by atoms with E-state index >= 15 is 0 Å². The first-order valence-electron chi connectivity index (χ1n) is 9.40. The number of carbonyl (C=O) groups is 1. The van der Waals surface area contributed by atoms with Crippen LogP contribution >= 0.6 is 0 Å². The lowest BCUT2D eigenvalue weighted by Crippen LogP contribution is -2.38. The zero-order chi connectivity index (χ0) is 20.8. The molecular weight excluding hydrogens is 382 g/mol. The van der Waals surface area contributed by atoms with Gasteiger partial charge in [-0.3, -0.25) is 4.79 Å². The van der Waals surface area contributed by atoms with E-state index in [1.165, 1.54) is 24.3 Å². The Morgan fingerprint density at radius 3 is 1.97 bits per heavy atom. The van der Waals surface area contributed by atoms with Gasteiger partial charge in [-0.05, 0) is 35.4 Å². The Bertz CT molecular complexity index is 801. The first-order valence-corrected chi connectivity index (χ1v) is 9.40. The molecule has 0 unspecified atom stereocenters. The van der Waals surface area contributed by atoms with Gasteiger partial charge in [0, 0.05) is 19.6 Å². The van der Waals surface area contributed by atoms with Crippen LogP contribution in [0.1, 0.15) is 17.5 Å². The Morgan fingerprint density at radius 1 is 0.862 bits per heavy atom. The summed E-state index contributed by atoms with van der Waals surface area (Å²) in [5.41, 5.74) is 1.62. The lowest BCUT2D eigenvalue weighted by Gasteiger charge is -2.15. The van der Waals surface area contributed by atoms with Crippen molar-refractivity contribution in [2.45, 2.75) is 43.9 Å². The molecule has 3 rings (SSSR count). The number of aliphatic hydroxyl groups excluding tert-OH is 2. The van der Waals surface area contributed by atoms with Crippen molar-refractivity contribution in [3.63, 3.8) is 0 Å². The Labute approximate surface area is 167 Å². The summed E-state index contributed by atoms with van der Waals surface area (Å²) in [5.74, 6) is -1.01. The molecule has 4 atom stereocenters. The van der Waals surface area contributed by atoms with Crippen LogP contribution in [0.4, 0.5) is 8.78 Å². The van der Waals surface area contributed by atoms with Gasteiger partial charge in [0.05, 0.1) is 18.6 Å². The molecule has 0 aliphatic carbocycles. The maximum absolute atomic E-state index is 12.9. The minimum absolute atomic E-state index is 0.103. The van der Waals surface area contributed by atoms with Crippen LogP contribution in [0, 0.1) is 11.6 Å². The highest BCUT2D eigenvalue weighted by Gasteiger charge is 2.42. The van der Waals surface area contributed by atoms with Crippen molar-refractivity contribution >= 4 is 5.91 Å². The quantitative estimate of drug-likeness (QED) is 0.530. The largest absolute Gasteiger partial charge is 0.388 e. The summed E-state index contributed by atoms with van der Waals surface area (Å²) < 4.78 is 31.5. The molecule has 4 N–H and O–H groups in total. The summed E-state index contributed by atoms with van der Waals surface area (Å²) in [6, 6.07) is 11.8. The van der Waals surface area contributed by atoms with Gasteiger partial charge >= 0.3 is 0 Å². The van der Waals surface area contributed by atoms with Crippen LogP contribution in [-0.2, 0) is 22.6 Å². The molecular formula is C21H24F2N2O4. The van der Waals surface area contributed by atoms with E-state index < -0.39 is 24.4 Å². The maximum Gasteiger partial charge on any atom is 0.222 e. The summed E-state index contributed by atoms with van der Waals surface area (Å²) in [4.78, 5) is 12.1. The maximum atomic E-state index is 12.9. The molecule has 0 saturated carbocycles. The van der Waals surface area contributed by atoms with Gasteiger partial charge < -0.3 is 25.6 Å². The van der Waals surface area contributed by atoms with Crippen molar-refractivity contribution in [2.75, 3.05) is 6.54 Å². The molecule has 6 nitrogen and oxygen atoms in total. The molecule has 1 saturated heterocycles. The van der Waals surface area contributed by atoms with Crippen molar-refractivity contribution < 1.29 is 28.5 Å². The van der Waals surface area contributed by atoms with Crippen molar-refractivity contribution in [1.29, 1.82) is 0 Å². The zero-order valence-electron chi connectivity index (χ0n) is 15.7. The van der Waals surface area contributed by atoms with E-state index in [0.717, 1.165) is 11.1 Å². The number of amides is 1. The van der Waals surface area contributed by atoms with E-state index in [0.29, 0.717) is 6.54 Å². The van der Waals surface area contributed by atoms with Gasteiger partial charge in [-0.15, -0.1) is 0 Å².